The number of hydrogen-bond acceptors (Lipinski definition) is 5. The minimum absolute atomic E-state index is 0.199. The summed E-state index contributed by atoms with van der Waals surface area (Å²) in [6.45, 7) is 4.42. The summed E-state index contributed by atoms with van der Waals surface area (Å²) in [4.78, 5) is 11.1. The van der Waals surface area contributed by atoms with Crippen molar-refractivity contribution in [3.05, 3.63) is 17.2 Å². The summed E-state index contributed by atoms with van der Waals surface area (Å²) < 4.78 is 1.70. The monoisotopic (exact) mass is 295 g/mol. The third-order valence-electron chi connectivity index (χ3n) is 3.90. The minimum Gasteiger partial charge on any atom is -0.393 e. The van der Waals surface area contributed by atoms with E-state index in [1.807, 2.05) is 7.05 Å². The quantitative estimate of drug-likeness (QED) is 0.844. The van der Waals surface area contributed by atoms with Crippen LogP contribution < -0.4 is 0 Å². The first-order chi connectivity index (χ1) is 9.54. The molecule has 6 nitrogen and oxygen atoms in total. The average Bonchev–Trinajstić information content (AvgIpc) is 2.77. The number of fused-ring (bicyclic) bond motifs is 1. The van der Waals surface area contributed by atoms with Gasteiger partial charge in [0.2, 0.25) is 0 Å². The third kappa shape index (κ3) is 2.51. The van der Waals surface area contributed by atoms with Crippen LogP contribution in [-0.2, 0) is 13.6 Å². The Balaban J connectivity index is 1.82. The molecule has 1 aliphatic heterocycles. The Kier molecular flexibility index (Phi) is 3.62. The highest BCUT2D eigenvalue weighted by Crippen LogP contribution is 2.21. The summed E-state index contributed by atoms with van der Waals surface area (Å²) >= 11 is 6.18. The molecule has 0 aliphatic carbocycles. The number of piperidine rings is 1. The van der Waals surface area contributed by atoms with Gasteiger partial charge in [0.05, 0.1) is 24.2 Å². The highest BCUT2D eigenvalue weighted by atomic mass is 35.5. The number of rotatable bonds is 2. The number of hydrogen-bond donors (Lipinski definition) is 1. The number of halogens is 1. The second kappa shape index (κ2) is 5.27. The molecule has 1 aliphatic rings. The van der Waals surface area contributed by atoms with Gasteiger partial charge in [-0.05, 0) is 12.3 Å². The van der Waals surface area contributed by atoms with Crippen molar-refractivity contribution in [1.29, 1.82) is 0 Å². The van der Waals surface area contributed by atoms with Gasteiger partial charge < -0.3 is 5.11 Å². The van der Waals surface area contributed by atoms with Crippen molar-refractivity contribution in [1.82, 2.24) is 24.6 Å². The predicted molar refractivity (Wildman–Crippen MR) is 76.4 cm³/mol. The SMILES string of the molecule is CC1CN(Cc2nc(Cl)c3cnn(C)c3n2)CCC1O. The van der Waals surface area contributed by atoms with Crippen molar-refractivity contribution in [2.24, 2.45) is 13.0 Å². The lowest BCUT2D eigenvalue weighted by Gasteiger charge is -2.33. The molecule has 0 aromatic carbocycles. The molecular formula is C13H18ClN5O. The largest absolute Gasteiger partial charge is 0.393 e. The van der Waals surface area contributed by atoms with Gasteiger partial charge in [0.15, 0.2) is 5.65 Å². The summed E-state index contributed by atoms with van der Waals surface area (Å²) in [5.41, 5.74) is 0.755. The molecular weight excluding hydrogens is 278 g/mol. The second-order valence-corrected chi connectivity index (χ2v) is 5.86. The fourth-order valence-corrected chi connectivity index (χ4v) is 2.89. The molecule has 0 spiro atoms. The van der Waals surface area contributed by atoms with Crippen LogP contribution in [0.4, 0.5) is 0 Å². The first-order valence-electron chi connectivity index (χ1n) is 6.79. The van der Waals surface area contributed by atoms with E-state index in [2.05, 4.69) is 26.9 Å². The highest BCUT2D eigenvalue weighted by Gasteiger charge is 2.25. The summed E-state index contributed by atoms with van der Waals surface area (Å²) in [5.74, 6) is 0.981. The second-order valence-electron chi connectivity index (χ2n) is 5.50. The molecule has 1 fully saturated rings. The van der Waals surface area contributed by atoms with Gasteiger partial charge in [-0.25, -0.2) is 9.97 Å². The summed E-state index contributed by atoms with van der Waals surface area (Å²) in [6, 6.07) is 0. The van der Waals surface area contributed by atoms with Crippen molar-refractivity contribution < 1.29 is 5.11 Å². The zero-order chi connectivity index (χ0) is 14.3. The lowest BCUT2D eigenvalue weighted by Crippen LogP contribution is -2.41. The van der Waals surface area contributed by atoms with E-state index in [0.717, 1.165) is 30.5 Å². The summed E-state index contributed by atoms with van der Waals surface area (Å²) in [7, 11) is 1.84. The first-order valence-corrected chi connectivity index (χ1v) is 7.17. The number of nitrogens with zero attached hydrogens (tertiary/aromatic N) is 5. The number of likely N-dealkylation sites (tertiary alicyclic amines) is 1. The summed E-state index contributed by atoms with van der Waals surface area (Å²) in [6.07, 6.45) is 2.28. The zero-order valence-corrected chi connectivity index (χ0v) is 12.4. The van der Waals surface area contributed by atoms with Gasteiger partial charge in [-0.3, -0.25) is 9.58 Å². The van der Waals surface area contributed by atoms with Gasteiger partial charge in [0.1, 0.15) is 11.0 Å². The molecule has 0 bridgehead atoms. The molecule has 3 rings (SSSR count). The van der Waals surface area contributed by atoms with Crippen LogP contribution in [0.25, 0.3) is 11.0 Å². The Morgan fingerprint density at radius 1 is 1.45 bits per heavy atom. The zero-order valence-electron chi connectivity index (χ0n) is 11.6. The van der Waals surface area contributed by atoms with Gasteiger partial charge in [-0.2, -0.15) is 5.10 Å². The van der Waals surface area contributed by atoms with Crippen molar-refractivity contribution in [2.45, 2.75) is 26.0 Å². The normalized spacial score (nSPS) is 24.4. The number of aryl methyl sites for hydroxylation is 1. The van der Waals surface area contributed by atoms with E-state index in [-0.39, 0.29) is 12.0 Å². The van der Waals surface area contributed by atoms with Crippen molar-refractivity contribution in [2.75, 3.05) is 13.1 Å². The van der Waals surface area contributed by atoms with Crippen molar-refractivity contribution in [3.63, 3.8) is 0 Å². The van der Waals surface area contributed by atoms with Crippen LogP contribution in [0.3, 0.4) is 0 Å². The van der Waals surface area contributed by atoms with E-state index >= 15 is 0 Å². The minimum atomic E-state index is -0.199. The molecule has 3 heterocycles. The highest BCUT2D eigenvalue weighted by molar-refractivity contribution is 6.33. The third-order valence-corrected chi connectivity index (χ3v) is 4.19. The maximum atomic E-state index is 9.76. The Labute approximate surface area is 122 Å². The molecule has 2 atom stereocenters. The van der Waals surface area contributed by atoms with Crippen LogP contribution in [-0.4, -0.2) is 48.9 Å². The van der Waals surface area contributed by atoms with E-state index in [4.69, 9.17) is 11.6 Å². The molecule has 7 heteroatoms. The van der Waals surface area contributed by atoms with E-state index in [9.17, 15) is 5.11 Å². The van der Waals surface area contributed by atoms with Crippen LogP contribution in [0, 0.1) is 5.92 Å². The van der Waals surface area contributed by atoms with Crippen LogP contribution in [0.2, 0.25) is 5.15 Å². The fourth-order valence-electron chi connectivity index (χ4n) is 2.66. The smallest absolute Gasteiger partial charge is 0.162 e. The average molecular weight is 296 g/mol. The predicted octanol–water partition coefficient (Wildman–Crippen LogP) is 1.22. The van der Waals surface area contributed by atoms with Crippen LogP contribution in [0.1, 0.15) is 19.2 Å². The lowest BCUT2D eigenvalue weighted by atomic mass is 9.97. The molecule has 20 heavy (non-hydrogen) atoms. The van der Waals surface area contributed by atoms with Crippen molar-refractivity contribution in [3.8, 4) is 0 Å². The molecule has 1 N–H and O–H groups in total. The molecule has 2 unspecified atom stereocenters. The van der Waals surface area contributed by atoms with Gasteiger partial charge in [-0.1, -0.05) is 18.5 Å². The Morgan fingerprint density at radius 3 is 3.00 bits per heavy atom. The molecule has 108 valence electrons. The maximum absolute atomic E-state index is 9.76. The molecule has 0 radical (unpaired) electrons. The van der Waals surface area contributed by atoms with Gasteiger partial charge >= 0.3 is 0 Å². The summed E-state index contributed by atoms with van der Waals surface area (Å²) in [5, 5.41) is 15.1. The Bertz CT molecular complexity index is 628. The van der Waals surface area contributed by atoms with Crippen LogP contribution in [0.5, 0.6) is 0 Å². The van der Waals surface area contributed by atoms with E-state index in [1.165, 1.54) is 0 Å². The topological polar surface area (TPSA) is 67.1 Å². The van der Waals surface area contributed by atoms with Gasteiger partial charge in [-0.15, -0.1) is 0 Å². The van der Waals surface area contributed by atoms with Gasteiger partial charge in [0, 0.05) is 20.1 Å². The van der Waals surface area contributed by atoms with E-state index in [0.29, 0.717) is 17.5 Å². The molecule has 1 saturated heterocycles. The van der Waals surface area contributed by atoms with Crippen LogP contribution >= 0.6 is 11.6 Å². The Hall–Kier alpha value is -1.24. The molecule has 0 saturated carbocycles. The van der Waals surface area contributed by atoms with Crippen LogP contribution in [0.15, 0.2) is 6.20 Å². The first kappa shape index (κ1) is 13.7. The lowest BCUT2D eigenvalue weighted by molar-refractivity contribution is 0.0311. The number of aromatic nitrogens is 4. The van der Waals surface area contributed by atoms with Crippen molar-refractivity contribution >= 4 is 22.6 Å². The molecule has 0 amide bonds. The standard InChI is InChI=1S/C13H18ClN5O/c1-8-6-19(4-3-10(8)20)7-11-16-12(14)9-5-15-18(2)13(9)17-11/h5,8,10,20H,3-4,6-7H2,1-2H3. The number of aliphatic hydroxyl groups excluding tert-OH is 1. The molecule has 2 aromatic heterocycles. The Morgan fingerprint density at radius 2 is 2.25 bits per heavy atom. The maximum Gasteiger partial charge on any atom is 0.162 e. The van der Waals surface area contributed by atoms with E-state index in [1.54, 1.807) is 10.9 Å². The van der Waals surface area contributed by atoms with Gasteiger partial charge in [0.25, 0.3) is 0 Å². The fraction of sp³-hybridized carbons (Fsp3) is 0.615. The van der Waals surface area contributed by atoms with E-state index < -0.39 is 0 Å². The molecule has 2 aromatic rings. The number of aliphatic hydroxyl groups is 1.